The maximum absolute atomic E-state index is 12.5. The first-order chi connectivity index (χ1) is 12.4. The smallest absolute Gasteiger partial charge is 0.387 e. The summed E-state index contributed by atoms with van der Waals surface area (Å²) in [5.74, 6) is -0.743. The summed E-state index contributed by atoms with van der Waals surface area (Å²) >= 11 is 0. The number of urea groups is 1. The average molecular weight is 377 g/mol. The monoisotopic (exact) mass is 377 g/mol. The molecule has 1 aliphatic rings. The summed E-state index contributed by atoms with van der Waals surface area (Å²) in [7, 11) is 0. The van der Waals surface area contributed by atoms with Crippen LogP contribution < -0.4 is 20.2 Å². The largest absolute Gasteiger partial charge is 0.435 e. The number of nitrogens with zero attached hydrogens (tertiary/aromatic N) is 1. The van der Waals surface area contributed by atoms with Gasteiger partial charge in [-0.25, -0.2) is 10.2 Å². The number of amides is 2. The van der Waals surface area contributed by atoms with E-state index in [1.807, 2.05) is 0 Å². The molecule has 0 spiro atoms. The number of benzene rings is 1. The predicted molar refractivity (Wildman–Crippen MR) is 85.8 cm³/mol. The van der Waals surface area contributed by atoms with E-state index >= 15 is 0 Å². The second-order valence-electron chi connectivity index (χ2n) is 5.64. The normalized spacial score (nSPS) is 15.5. The maximum Gasteiger partial charge on any atom is 0.387 e. The first-order valence-corrected chi connectivity index (χ1v) is 8.07. The Balaban J connectivity index is 1.97. The lowest BCUT2D eigenvalue weighted by Gasteiger charge is -2.22. The molecule has 6 nitrogen and oxygen atoms in total. The molecule has 2 amide bonds. The van der Waals surface area contributed by atoms with Crippen LogP contribution in [0.3, 0.4) is 0 Å². The Labute approximate surface area is 147 Å². The van der Waals surface area contributed by atoms with Gasteiger partial charge in [-0.1, -0.05) is 19.3 Å². The fourth-order valence-corrected chi connectivity index (χ4v) is 2.62. The summed E-state index contributed by atoms with van der Waals surface area (Å²) in [5, 5.41) is 6.43. The average Bonchev–Trinajstić information content (AvgIpc) is 2.56. The summed E-state index contributed by atoms with van der Waals surface area (Å²) in [4.78, 5) is 11.7. The van der Waals surface area contributed by atoms with Crippen molar-refractivity contribution in [2.24, 2.45) is 5.10 Å². The molecule has 26 heavy (non-hydrogen) atoms. The van der Waals surface area contributed by atoms with E-state index in [2.05, 4.69) is 25.3 Å². The molecule has 0 aromatic heterocycles. The van der Waals surface area contributed by atoms with Gasteiger partial charge < -0.3 is 14.8 Å². The molecule has 0 unspecified atom stereocenters. The molecule has 0 radical (unpaired) electrons. The molecule has 1 fully saturated rings. The van der Waals surface area contributed by atoms with Crippen molar-refractivity contribution in [3.63, 3.8) is 0 Å². The minimum Gasteiger partial charge on any atom is -0.435 e. The highest BCUT2D eigenvalue weighted by atomic mass is 19.3. The minimum absolute atomic E-state index is 0.0601. The van der Waals surface area contributed by atoms with Gasteiger partial charge in [-0.05, 0) is 25.0 Å². The van der Waals surface area contributed by atoms with Gasteiger partial charge in [-0.2, -0.15) is 22.7 Å². The molecule has 1 aliphatic carbocycles. The van der Waals surface area contributed by atoms with Crippen LogP contribution in [0.25, 0.3) is 0 Å². The van der Waals surface area contributed by atoms with Gasteiger partial charge in [0.05, 0.1) is 6.21 Å². The fourth-order valence-electron chi connectivity index (χ4n) is 2.62. The van der Waals surface area contributed by atoms with Crippen LogP contribution in [-0.2, 0) is 0 Å². The zero-order chi connectivity index (χ0) is 18.9. The van der Waals surface area contributed by atoms with Crippen molar-refractivity contribution in [3.8, 4) is 11.5 Å². The van der Waals surface area contributed by atoms with Gasteiger partial charge in [0.1, 0.15) is 11.5 Å². The molecule has 2 rings (SSSR count). The fraction of sp³-hybridized carbons (Fsp3) is 0.500. The van der Waals surface area contributed by atoms with Gasteiger partial charge in [-0.3, -0.25) is 0 Å². The third kappa shape index (κ3) is 6.77. The van der Waals surface area contributed by atoms with E-state index in [4.69, 9.17) is 0 Å². The number of halogens is 4. The van der Waals surface area contributed by atoms with E-state index in [-0.39, 0.29) is 17.4 Å². The van der Waals surface area contributed by atoms with Crippen LogP contribution in [0.1, 0.15) is 37.7 Å². The molecule has 0 bridgehead atoms. The maximum atomic E-state index is 12.5. The highest BCUT2D eigenvalue weighted by Gasteiger charge is 2.15. The van der Waals surface area contributed by atoms with Crippen LogP contribution in [0.5, 0.6) is 11.5 Å². The molecule has 1 aromatic carbocycles. The summed E-state index contributed by atoms with van der Waals surface area (Å²) in [5.41, 5.74) is 2.29. The number of ether oxygens (including phenoxy) is 2. The van der Waals surface area contributed by atoms with Crippen molar-refractivity contribution in [3.05, 3.63) is 23.8 Å². The van der Waals surface area contributed by atoms with Gasteiger partial charge in [0, 0.05) is 17.7 Å². The molecule has 0 atom stereocenters. The first-order valence-electron chi connectivity index (χ1n) is 8.07. The first kappa shape index (κ1) is 19.8. The topological polar surface area (TPSA) is 72.0 Å². The number of carbonyl (C=O) groups excluding carboxylic acids is 1. The molecule has 144 valence electrons. The highest BCUT2D eigenvalue weighted by Crippen LogP contribution is 2.26. The van der Waals surface area contributed by atoms with E-state index < -0.39 is 25.0 Å². The quantitative estimate of drug-likeness (QED) is 0.431. The lowest BCUT2D eigenvalue weighted by Crippen LogP contribution is -2.41. The van der Waals surface area contributed by atoms with Crippen LogP contribution in [0, 0.1) is 0 Å². The Hall–Kier alpha value is -2.52. The van der Waals surface area contributed by atoms with Crippen molar-refractivity contribution >= 4 is 12.2 Å². The molecule has 0 saturated heterocycles. The van der Waals surface area contributed by atoms with Gasteiger partial charge in [-0.15, -0.1) is 0 Å². The van der Waals surface area contributed by atoms with E-state index in [1.165, 1.54) is 6.07 Å². The highest BCUT2D eigenvalue weighted by molar-refractivity contribution is 5.85. The second kappa shape index (κ2) is 9.83. The third-order valence-electron chi connectivity index (χ3n) is 3.74. The Morgan fingerprint density at radius 3 is 2.46 bits per heavy atom. The van der Waals surface area contributed by atoms with E-state index in [1.54, 1.807) is 0 Å². The molecule has 1 aromatic rings. The van der Waals surface area contributed by atoms with Gasteiger partial charge >= 0.3 is 19.3 Å². The second-order valence-corrected chi connectivity index (χ2v) is 5.64. The Morgan fingerprint density at radius 2 is 1.81 bits per heavy atom. The summed E-state index contributed by atoms with van der Waals surface area (Å²) < 4.78 is 57.8. The lowest BCUT2D eigenvalue weighted by molar-refractivity contribution is -0.0543. The van der Waals surface area contributed by atoms with Crippen LogP contribution in [0.4, 0.5) is 22.4 Å². The molecule has 0 aliphatic heterocycles. The molecule has 10 heteroatoms. The van der Waals surface area contributed by atoms with Crippen molar-refractivity contribution in [1.29, 1.82) is 0 Å². The third-order valence-corrected chi connectivity index (χ3v) is 3.74. The number of hydrazone groups is 1. The summed E-state index contributed by atoms with van der Waals surface area (Å²) in [6.45, 7) is -6.26. The van der Waals surface area contributed by atoms with Crippen LogP contribution >= 0.6 is 0 Å². The van der Waals surface area contributed by atoms with E-state index in [9.17, 15) is 22.4 Å². The predicted octanol–water partition coefficient (Wildman–Crippen LogP) is 3.86. The van der Waals surface area contributed by atoms with Crippen LogP contribution in [0.2, 0.25) is 0 Å². The number of hydrogen-bond donors (Lipinski definition) is 2. The summed E-state index contributed by atoms with van der Waals surface area (Å²) in [6.07, 6.45) is 6.12. The molecular formula is C16H19F4N3O3. The SMILES string of the molecule is O=C(NN=Cc1ccc(OC(F)F)cc1OC(F)F)NC1CCCCC1. The zero-order valence-electron chi connectivity index (χ0n) is 13.8. The molecule has 0 heterocycles. The van der Waals surface area contributed by atoms with Gasteiger partial charge in [0.15, 0.2) is 0 Å². The number of alkyl halides is 4. The van der Waals surface area contributed by atoms with Crippen molar-refractivity contribution < 1.29 is 31.8 Å². The van der Waals surface area contributed by atoms with Crippen molar-refractivity contribution in [2.75, 3.05) is 0 Å². The number of rotatable bonds is 7. The Morgan fingerprint density at radius 1 is 1.12 bits per heavy atom. The van der Waals surface area contributed by atoms with Crippen molar-refractivity contribution in [2.45, 2.75) is 51.4 Å². The minimum atomic E-state index is -3.16. The van der Waals surface area contributed by atoms with Crippen molar-refractivity contribution in [1.82, 2.24) is 10.7 Å². The zero-order valence-corrected chi connectivity index (χ0v) is 13.8. The van der Waals surface area contributed by atoms with Crippen LogP contribution in [-0.4, -0.2) is 31.5 Å². The number of hydrogen-bond acceptors (Lipinski definition) is 4. The molecule has 1 saturated carbocycles. The van der Waals surface area contributed by atoms with E-state index in [0.717, 1.165) is 50.5 Å². The number of nitrogens with one attached hydrogen (secondary N) is 2. The number of carbonyl (C=O) groups is 1. The lowest BCUT2D eigenvalue weighted by atomic mass is 9.96. The van der Waals surface area contributed by atoms with E-state index in [0.29, 0.717) is 0 Å². The molecule has 2 N–H and O–H groups in total. The molecular weight excluding hydrogens is 358 g/mol. The van der Waals surface area contributed by atoms with Gasteiger partial charge in [0.25, 0.3) is 0 Å². The van der Waals surface area contributed by atoms with Gasteiger partial charge in [0.2, 0.25) is 0 Å². The standard InChI is InChI=1S/C16H19F4N3O3/c17-14(18)25-12-7-6-10(13(8-12)26-15(19)20)9-21-23-16(24)22-11-4-2-1-3-5-11/h6-9,11,14-15H,1-5H2,(H2,22,23,24). The summed E-state index contributed by atoms with van der Waals surface area (Å²) in [6, 6.07) is 2.82. The Kier molecular flexibility index (Phi) is 7.49. The van der Waals surface area contributed by atoms with Crippen LogP contribution in [0.15, 0.2) is 23.3 Å². The Bertz CT molecular complexity index is 623.